The van der Waals surface area contributed by atoms with Gasteiger partial charge in [0.2, 0.25) is 6.41 Å². The average Bonchev–Trinajstić information content (AvgIpc) is 2.62. The first-order chi connectivity index (χ1) is 13.4. The number of carbonyl (C=O) groups is 1. The molecule has 0 spiro atoms. The zero-order chi connectivity index (χ0) is 20.3. The smallest absolute Gasteiger partial charge is 0.207 e. The molecule has 0 bridgehead atoms. The summed E-state index contributed by atoms with van der Waals surface area (Å²) in [5.41, 5.74) is 6.74. The van der Waals surface area contributed by atoms with Gasteiger partial charge in [-0.15, -0.1) is 12.4 Å². The predicted octanol–water partition coefficient (Wildman–Crippen LogP) is 4.55. The highest BCUT2D eigenvalue weighted by Gasteiger charge is 2.33. The summed E-state index contributed by atoms with van der Waals surface area (Å²) in [7, 11) is 0. The molecule has 0 unspecified atom stereocenters. The fraction of sp³-hybridized carbons (Fsp3) is 0.381. The molecule has 2 aromatic rings. The Labute approximate surface area is 173 Å². The molecule has 0 saturated heterocycles. The maximum absolute atomic E-state index is 13.4. The molecule has 2 aliphatic carbocycles. The van der Waals surface area contributed by atoms with E-state index >= 15 is 0 Å². The number of carbonyl (C=O) groups excluding carboxylic acids is 1. The van der Waals surface area contributed by atoms with Crippen LogP contribution in [0.3, 0.4) is 0 Å². The lowest BCUT2D eigenvalue weighted by Crippen LogP contribution is -2.41. The Balaban J connectivity index is 0.000000202. The summed E-state index contributed by atoms with van der Waals surface area (Å²) in [6.45, 7) is 0. The van der Waals surface area contributed by atoms with Crippen molar-refractivity contribution < 1.29 is 22.4 Å². The number of rotatable bonds is 4. The van der Waals surface area contributed by atoms with E-state index in [9.17, 15) is 22.4 Å². The topological polar surface area (TPSA) is 55.1 Å². The van der Waals surface area contributed by atoms with Crippen LogP contribution in [0.1, 0.15) is 48.6 Å². The zero-order valence-electron chi connectivity index (χ0n) is 15.6. The van der Waals surface area contributed by atoms with Crippen molar-refractivity contribution in [3.63, 3.8) is 0 Å². The molecule has 4 atom stereocenters. The lowest BCUT2D eigenvalue weighted by molar-refractivity contribution is -0.110. The number of nitrogens with one attached hydrogen (secondary N) is 1. The van der Waals surface area contributed by atoms with Gasteiger partial charge in [-0.2, -0.15) is 0 Å². The van der Waals surface area contributed by atoms with E-state index in [4.69, 9.17) is 5.73 Å². The fourth-order valence-electron chi connectivity index (χ4n) is 3.68. The number of benzene rings is 2. The minimum atomic E-state index is -0.574. The second-order valence-electron chi connectivity index (χ2n) is 7.25. The maximum Gasteiger partial charge on any atom is 0.207 e. The van der Waals surface area contributed by atoms with Gasteiger partial charge in [0, 0.05) is 36.1 Å². The predicted molar refractivity (Wildman–Crippen MR) is 105 cm³/mol. The molecule has 2 aromatic carbocycles. The highest BCUT2D eigenvalue weighted by Crippen LogP contribution is 2.38. The van der Waals surface area contributed by atoms with Crippen LogP contribution in [-0.4, -0.2) is 18.5 Å². The summed E-state index contributed by atoms with van der Waals surface area (Å²) in [6, 6.07) is 7.30. The van der Waals surface area contributed by atoms with E-state index < -0.39 is 23.3 Å². The van der Waals surface area contributed by atoms with Gasteiger partial charge in [0.25, 0.3) is 0 Å². The molecule has 0 aromatic heterocycles. The number of nitrogens with two attached hydrogens (primary N) is 1. The van der Waals surface area contributed by atoms with Gasteiger partial charge >= 0.3 is 0 Å². The van der Waals surface area contributed by atoms with Gasteiger partial charge in [-0.1, -0.05) is 12.1 Å². The van der Waals surface area contributed by atoms with E-state index in [1.807, 2.05) is 0 Å². The normalized spacial score (nSPS) is 24.7. The number of hydrogen-bond donors (Lipinski definition) is 2. The van der Waals surface area contributed by atoms with Crippen LogP contribution < -0.4 is 11.1 Å². The van der Waals surface area contributed by atoms with E-state index in [2.05, 4.69) is 5.32 Å². The van der Waals surface area contributed by atoms with Crippen molar-refractivity contribution in [3.8, 4) is 0 Å². The Morgan fingerprint density at radius 3 is 1.69 bits per heavy atom. The Morgan fingerprint density at radius 2 is 1.34 bits per heavy atom. The lowest BCUT2D eigenvalue weighted by atomic mass is 9.75. The van der Waals surface area contributed by atoms with Crippen molar-refractivity contribution in [1.82, 2.24) is 5.32 Å². The molecule has 8 heteroatoms. The number of amides is 1. The summed E-state index contributed by atoms with van der Waals surface area (Å²) in [5.74, 6) is -2.04. The van der Waals surface area contributed by atoms with Gasteiger partial charge in [0.15, 0.2) is 0 Å². The van der Waals surface area contributed by atoms with E-state index in [0.29, 0.717) is 17.5 Å². The Morgan fingerprint density at radius 1 is 0.828 bits per heavy atom. The van der Waals surface area contributed by atoms with E-state index in [-0.39, 0.29) is 36.3 Å². The third kappa shape index (κ3) is 5.28. The molecule has 3 N–H and O–H groups in total. The fourth-order valence-corrected chi connectivity index (χ4v) is 3.68. The minimum Gasteiger partial charge on any atom is -0.355 e. The van der Waals surface area contributed by atoms with Crippen molar-refractivity contribution in [2.75, 3.05) is 0 Å². The van der Waals surface area contributed by atoms with Crippen molar-refractivity contribution in [3.05, 3.63) is 70.8 Å². The molecule has 2 saturated carbocycles. The maximum atomic E-state index is 13.4. The van der Waals surface area contributed by atoms with Crippen LogP contribution in [0.4, 0.5) is 17.6 Å². The number of halogens is 5. The number of hydrogen-bond acceptors (Lipinski definition) is 2. The van der Waals surface area contributed by atoms with Gasteiger partial charge in [-0.25, -0.2) is 17.6 Å². The van der Waals surface area contributed by atoms with Crippen LogP contribution in [-0.2, 0) is 4.79 Å². The molecule has 2 aliphatic rings. The van der Waals surface area contributed by atoms with E-state index in [1.165, 1.54) is 24.3 Å². The molecule has 0 heterocycles. The molecule has 2 fully saturated rings. The van der Waals surface area contributed by atoms with E-state index in [1.54, 1.807) is 0 Å². The molecule has 29 heavy (non-hydrogen) atoms. The second kappa shape index (κ2) is 10.1. The highest BCUT2D eigenvalue weighted by atomic mass is 35.5. The van der Waals surface area contributed by atoms with Gasteiger partial charge in [-0.3, -0.25) is 4.79 Å². The molecule has 158 valence electrons. The SMILES string of the molecule is Cl.N[C@H]1CC[C@H]1c1ccc(F)cc1F.O=CN[C@H]1CC[C@H]1c1ccc(F)cc1F. The molecule has 3 nitrogen and oxygen atoms in total. The highest BCUT2D eigenvalue weighted by molar-refractivity contribution is 5.85. The third-order valence-corrected chi connectivity index (χ3v) is 5.61. The molecule has 0 aliphatic heterocycles. The van der Waals surface area contributed by atoms with Crippen molar-refractivity contribution in [1.29, 1.82) is 0 Å². The molecular weight excluding hydrogens is 408 g/mol. The summed E-state index contributed by atoms with van der Waals surface area (Å²) < 4.78 is 51.8. The van der Waals surface area contributed by atoms with Crippen LogP contribution in [0.25, 0.3) is 0 Å². The van der Waals surface area contributed by atoms with Crippen molar-refractivity contribution in [2.45, 2.75) is 49.6 Å². The molecule has 1 amide bonds. The summed E-state index contributed by atoms with van der Waals surface area (Å²) in [5, 5.41) is 2.63. The summed E-state index contributed by atoms with van der Waals surface area (Å²) >= 11 is 0. The van der Waals surface area contributed by atoms with Gasteiger partial charge in [0.1, 0.15) is 23.3 Å². The molecule has 4 rings (SSSR count). The van der Waals surface area contributed by atoms with Crippen LogP contribution >= 0.6 is 12.4 Å². The van der Waals surface area contributed by atoms with Gasteiger partial charge < -0.3 is 11.1 Å². The first kappa shape index (κ1) is 23.2. The summed E-state index contributed by atoms with van der Waals surface area (Å²) in [4.78, 5) is 10.3. The Bertz CT molecular complexity index is 851. The second-order valence-corrected chi connectivity index (χ2v) is 7.25. The van der Waals surface area contributed by atoms with Crippen LogP contribution in [0.15, 0.2) is 36.4 Å². The first-order valence-electron chi connectivity index (χ1n) is 9.26. The summed E-state index contributed by atoms with van der Waals surface area (Å²) in [6.07, 6.45) is 4.14. The molecular formula is C21H23ClF4N2O. The largest absolute Gasteiger partial charge is 0.355 e. The van der Waals surface area contributed by atoms with Crippen molar-refractivity contribution >= 4 is 18.8 Å². The van der Waals surface area contributed by atoms with E-state index in [0.717, 1.165) is 37.8 Å². The van der Waals surface area contributed by atoms with Crippen LogP contribution in [0.2, 0.25) is 0 Å². The zero-order valence-corrected chi connectivity index (χ0v) is 16.4. The Kier molecular flexibility index (Phi) is 8.05. The monoisotopic (exact) mass is 430 g/mol. The lowest BCUT2D eigenvalue weighted by Gasteiger charge is -2.36. The van der Waals surface area contributed by atoms with Gasteiger partial charge in [0.05, 0.1) is 0 Å². The van der Waals surface area contributed by atoms with Gasteiger partial charge in [-0.05, 0) is 48.9 Å². The first-order valence-corrected chi connectivity index (χ1v) is 9.26. The van der Waals surface area contributed by atoms with Crippen molar-refractivity contribution in [2.24, 2.45) is 5.73 Å². The molecule has 0 radical (unpaired) electrons. The standard InChI is InChI=1S/C11H11F2NO.C10H11F2N.ClH/c12-7-1-2-8(10(13)5-7)9-3-4-11(9)14-6-15;11-6-1-2-7(9(12)5-6)8-3-4-10(8)13;/h1-2,5-6,9,11H,3-4H2,(H,14,15);1-2,5,8,10H,3-4,13H2;1H/t9-,11-;8-,10-;/m00./s1. The third-order valence-electron chi connectivity index (χ3n) is 5.61. The quantitative estimate of drug-likeness (QED) is 0.552. The average molecular weight is 431 g/mol. The minimum absolute atomic E-state index is 0. The van der Waals surface area contributed by atoms with Crippen LogP contribution in [0.5, 0.6) is 0 Å². The van der Waals surface area contributed by atoms with Crippen LogP contribution in [0, 0.1) is 23.3 Å². The Hall–Kier alpha value is -2.12.